The Kier molecular flexibility index (Phi) is 8.56. The first-order chi connectivity index (χ1) is 12.2. The van der Waals surface area contributed by atoms with Gasteiger partial charge in [-0.25, -0.2) is 17.6 Å². The molecular formula is C22H22F4. The van der Waals surface area contributed by atoms with Crippen molar-refractivity contribution in [1.29, 1.82) is 0 Å². The van der Waals surface area contributed by atoms with Crippen LogP contribution < -0.4 is 0 Å². The second-order valence-electron chi connectivity index (χ2n) is 5.90. The zero-order valence-electron chi connectivity index (χ0n) is 15.3. The number of benzene rings is 3. The van der Waals surface area contributed by atoms with Crippen molar-refractivity contribution in [3.8, 4) is 0 Å². The number of hydrogen-bond donors (Lipinski definition) is 0. The van der Waals surface area contributed by atoms with Gasteiger partial charge in [-0.1, -0.05) is 30.3 Å². The van der Waals surface area contributed by atoms with Crippen LogP contribution in [0, 0.1) is 51.0 Å². The topological polar surface area (TPSA) is 0 Å². The molecule has 0 N–H and O–H groups in total. The Morgan fingerprint density at radius 2 is 1.04 bits per heavy atom. The molecule has 0 saturated heterocycles. The molecule has 0 aliphatic carbocycles. The maximum absolute atomic E-state index is 12.6. The minimum Gasteiger partial charge on any atom is -0.207 e. The first kappa shape index (κ1) is 21.4. The summed E-state index contributed by atoms with van der Waals surface area (Å²) >= 11 is 0. The predicted octanol–water partition coefficient (Wildman–Crippen LogP) is 6.85. The van der Waals surface area contributed by atoms with Crippen LogP contribution in [0.15, 0.2) is 60.7 Å². The first-order valence-corrected chi connectivity index (χ1v) is 8.06. The van der Waals surface area contributed by atoms with Crippen molar-refractivity contribution in [2.45, 2.75) is 27.7 Å². The van der Waals surface area contributed by atoms with Crippen molar-refractivity contribution in [1.82, 2.24) is 0 Å². The van der Waals surface area contributed by atoms with Gasteiger partial charge in [0.1, 0.15) is 23.3 Å². The molecule has 4 heteroatoms. The lowest BCUT2D eigenvalue weighted by Crippen LogP contribution is -1.88. The van der Waals surface area contributed by atoms with E-state index >= 15 is 0 Å². The molecule has 0 aliphatic heterocycles. The van der Waals surface area contributed by atoms with Crippen LogP contribution in [0.5, 0.6) is 0 Å². The highest BCUT2D eigenvalue weighted by Crippen LogP contribution is 2.12. The highest BCUT2D eigenvalue weighted by molar-refractivity contribution is 5.24. The lowest BCUT2D eigenvalue weighted by Gasteiger charge is -1.98. The first-order valence-electron chi connectivity index (χ1n) is 8.06. The molecule has 3 rings (SSSR count). The largest absolute Gasteiger partial charge is 0.207 e. The summed E-state index contributed by atoms with van der Waals surface area (Å²) in [5, 5.41) is 0. The monoisotopic (exact) mass is 362 g/mol. The summed E-state index contributed by atoms with van der Waals surface area (Å²) in [6.07, 6.45) is 0. The predicted molar refractivity (Wildman–Crippen MR) is 98.1 cm³/mol. The second kappa shape index (κ2) is 10.4. The van der Waals surface area contributed by atoms with E-state index in [1.807, 2.05) is 13.0 Å². The van der Waals surface area contributed by atoms with Crippen LogP contribution in [-0.2, 0) is 0 Å². The normalized spacial score (nSPS) is 9.54. The lowest BCUT2D eigenvalue weighted by atomic mass is 10.1. The van der Waals surface area contributed by atoms with Crippen LogP contribution in [0.1, 0.15) is 22.3 Å². The summed E-state index contributed by atoms with van der Waals surface area (Å²) in [6.45, 7) is 6.72. The van der Waals surface area contributed by atoms with E-state index in [2.05, 4.69) is 0 Å². The summed E-state index contributed by atoms with van der Waals surface area (Å²) in [4.78, 5) is 0. The lowest BCUT2D eigenvalue weighted by molar-refractivity contribution is 0.566. The highest BCUT2D eigenvalue weighted by atomic mass is 19.1. The average Bonchev–Trinajstić information content (AvgIpc) is 2.58. The standard InChI is InChI=1S/C8H8F2.C8H9F.C6H5F/c1-5-3-7(9)6(2)8(10)4-5;1-6-3-4-7(2)8(9)5-6;7-6-4-2-1-3-5-6/h3-4H,1-2H3;3-5H,1-2H3;1-5H. The van der Waals surface area contributed by atoms with Gasteiger partial charge in [0, 0.05) is 5.56 Å². The number of aryl methyl sites for hydroxylation is 3. The van der Waals surface area contributed by atoms with Gasteiger partial charge in [-0.2, -0.15) is 0 Å². The summed E-state index contributed by atoms with van der Waals surface area (Å²) in [7, 11) is 0. The van der Waals surface area contributed by atoms with Crippen LogP contribution in [0.4, 0.5) is 17.6 Å². The van der Waals surface area contributed by atoms with Crippen molar-refractivity contribution in [2.24, 2.45) is 0 Å². The van der Waals surface area contributed by atoms with E-state index in [-0.39, 0.29) is 17.2 Å². The molecule has 138 valence electrons. The molecule has 0 unspecified atom stereocenters. The molecular weight excluding hydrogens is 340 g/mol. The van der Waals surface area contributed by atoms with Gasteiger partial charge in [-0.05, 0) is 74.7 Å². The van der Waals surface area contributed by atoms with Crippen molar-refractivity contribution < 1.29 is 17.6 Å². The highest BCUT2D eigenvalue weighted by Gasteiger charge is 2.02. The molecule has 0 heterocycles. The minimum atomic E-state index is -0.475. The molecule has 3 aromatic carbocycles. The molecule has 0 bridgehead atoms. The van der Waals surface area contributed by atoms with Gasteiger partial charge < -0.3 is 0 Å². The average molecular weight is 362 g/mol. The SMILES string of the molecule is Cc1cc(F)c(C)c(F)c1.Cc1ccc(C)c(F)c1.Fc1ccccc1. The maximum Gasteiger partial charge on any atom is 0.129 e. The molecule has 0 fully saturated rings. The smallest absolute Gasteiger partial charge is 0.129 e. The Morgan fingerprint density at radius 1 is 0.538 bits per heavy atom. The minimum absolute atomic E-state index is 0.0885. The van der Waals surface area contributed by atoms with Gasteiger partial charge in [-0.3, -0.25) is 0 Å². The third-order valence-electron chi connectivity index (χ3n) is 3.49. The number of hydrogen-bond acceptors (Lipinski definition) is 0. The van der Waals surface area contributed by atoms with Gasteiger partial charge in [0.2, 0.25) is 0 Å². The van der Waals surface area contributed by atoms with Crippen molar-refractivity contribution in [3.63, 3.8) is 0 Å². The summed E-state index contributed by atoms with van der Waals surface area (Å²) in [6, 6.07) is 15.8. The molecule has 26 heavy (non-hydrogen) atoms. The van der Waals surface area contributed by atoms with Gasteiger partial charge in [-0.15, -0.1) is 0 Å². The Hall–Kier alpha value is -2.62. The molecule has 0 aromatic heterocycles. The van der Waals surface area contributed by atoms with E-state index in [1.165, 1.54) is 37.3 Å². The van der Waals surface area contributed by atoms with Crippen molar-refractivity contribution in [2.75, 3.05) is 0 Å². The summed E-state index contributed by atoms with van der Waals surface area (Å²) in [5.41, 5.74) is 2.38. The van der Waals surface area contributed by atoms with E-state index in [0.29, 0.717) is 11.1 Å². The van der Waals surface area contributed by atoms with Crippen LogP contribution in [0.2, 0.25) is 0 Å². The third kappa shape index (κ3) is 7.51. The number of rotatable bonds is 0. The summed E-state index contributed by atoms with van der Waals surface area (Å²) in [5.74, 6) is -1.24. The van der Waals surface area contributed by atoms with Crippen LogP contribution in [0.25, 0.3) is 0 Å². The number of halogens is 4. The van der Waals surface area contributed by atoms with Gasteiger partial charge >= 0.3 is 0 Å². The van der Waals surface area contributed by atoms with Crippen molar-refractivity contribution >= 4 is 0 Å². The van der Waals surface area contributed by atoms with Gasteiger partial charge in [0.25, 0.3) is 0 Å². The van der Waals surface area contributed by atoms with Gasteiger partial charge in [0.05, 0.1) is 0 Å². The van der Waals surface area contributed by atoms with Crippen LogP contribution in [0.3, 0.4) is 0 Å². The van der Waals surface area contributed by atoms with E-state index in [1.54, 1.807) is 38.1 Å². The quantitative estimate of drug-likeness (QED) is 0.384. The summed E-state index contributed by atoms with van der Waals surface area (Å²) < 4.78 is 49.7. The fraction of sp³-hybridized carbons (Fsp3) is 0.182. The van der Waals surface area contributed by atoms with Crippen LogP contribution in [-0.4, -0.2) is 0 Å². The fourth-order valence-electron chi connectivity index (χ4n) is 1.88. The third-order valence-corrected chi connectivity index (χ3v) is 3.49. The van der Waals surface area contributed by atoms with E-state index in [4.69, 9.17) is 0 Å². The molecule has 0 saturated carbocycles. The zero-order valence-corrected chi connectivity index (χ0v) is 15.3. The fourth-order valence-corrected chi connectivity index (χ4v) is 1.88. The second-order valence-corrected chi connectivity index (χ2v) is 5.90. The van der Waals surface area contributed by atoms with E-state index in [0.717, 1.165) is 5.56 Å². The Morgan fingerprint density at radius 3 is 1.42 bits per heavy atom. The Bertz CT molecular complexity index is 804. The van der Waals surface area contributed by atoms with E-state index < -0.39 is 11.6 Å². The molecule has 0 aliphatic rings. The molecule has 3 aromatic rings. The van der Waals surface area contributed by atoms with Crippen molar-refractivity contribution in [3.05, 3.63) is 106 Å². The molecule has 0 spiro atoms. The molecule has 0 radical (unpaired) electrons. The molecule has 0 nitrogen and oxygen atoms in total. The molecule has 0 amide bonds. The van der Waals surface area contributed by atoms with E-state index in [9.17, 15) is 17.6 Å². The Balaban J connectivity index is 0.000000198. The van der Waals surface area contributed by atoms with Gasteiger partial charge in [0.15, 0.2) is 0 Å². The Labute approximate surface area is 152 Å². The molecule has 0 atom stereocenters. The van der Waals surface area contributed by atoms with Crippen LogP contribution >= 0.6 is 0 Å². The maximum atomic E-state index is 12.6. The zero-order chi connectivity index (χ0) is 19.7.